The van der Waals surface area contributed by atoms with Crippen LogP contribution in [0.4, 0.5) is 10.8 Å². The van der Waals surface area contributed by atoms with Gasteiger partial charge in [-0.1, -0.05) is 0 Å². The lowest BCUT2D eigenvalue weighted by Gasteiger charge is -2.03. The predicted octanol–water partition coefficient (Wildman–Crippen LogP) is 1.45. The highest BCUT2D eigenvalue weighted by atomic mass is 32.1. The molecule has 0 aliphatic rings. The average molecular weight is 306 g/mol. The summed E-state index contributed by atoms with van der Waals surface area (Å²) in [7, 11) is 0. The number of nitrogens with one attached hydrogen (secondary N) is 2. The van der Waals surface area contributed by atoms with E-state index in [4.69, 9.17) is 5.11 Å². The molecule has 0 saturated heterocycles. The maximum Gasteiger partial charge on any atom is 0.354 e. The fourth-order valence-electron chi connectivity index (χ4n) is 1.41. The average Bonchev–Trinajstić information content (AvgIpc) is 2.86. The molecule has 2 aromatic heterocycles. The SMILES string of the molecule is CC(=O)Nc1nc(C(=O)Nc2ccnc(C(=O)O)c2)cs1. The molecule has 0 saturated carbocycles. The first-order chi connectivity index (χ1) is 9.95. The third kappa shape index (κ3) is 3.83. The molecule has 0 aliphatic carbocycles. The van der Waals surface area contributed by atoms with Crippen LogP contribution in [0.2, 0.25) is 0 Å². The number of rotatable bonds is 4. The zero-order valence-electron chi connectivity index (χ0n) is 10.8. The lowest BCUT2D eigenvalue weighted by atomic mass is 10.3. The van der Waals surface area contributed by atoms with E-state index in [0.29, 0.717) is 10.8 Å². The van der Waals surface area contributed by atoms with E-state index in [-0.39, 0.29) is 17.3 Å². The number of nitrogens with zero attached hydrogens (tertiary/aromatic N) is 2. The fourth-order valence-corrected chi connectivity index (χ4v) is 2.14. The molecule has 0 unspecified atom stereocenters. The van der Waals surface area contributed by atoms with Crippen molar-refractivity contribution in [2.45, 2.75) is 6.92 Å². The molecule has 21 heavy (non-hydrogen) atoms. The maximum absolute atomic E-state index is 11.9. The zero-order valence-corrected chi connectivity index (χ0v) is 11.6. The molecule has 2 heterocycles. The van der Waals surface area contributed by atoms with Crippen molar-refractivity contribution in [3.63, 3.8) is 0 Å². The van der Waals surface area contributed by atoms with Gasteiger partial charge in [-0.3, -0.25) is 9.59 Å². The quantitative estimate of drug-likeness (QED) is 0.786. The van der Waals surface area contributed by atoms with Gasteiger partial charge in [0.15, 0.2) is 5.13 Å². The van der Waals surface area contributed by atoms with E-state index in [9.17, 15) is 14.4 Å². The first-order valence-corrected chi connectivity index (χ1v) is 6.57. The molecule has 0 spiro atoms. The number of carboxylic acid groups (broad SMARTS) is 1. The van der Waals surface area contributed by atoms with Crippen molar-refractivity contribution in [1.82, 2.24) is 9.97 Å². The number of amides is 2. The van der Waals surface area contributed by atoms with Gasteiger partial charge in [0.25, 0.3) is 5.91 Å². The highest BCUT2D eigenvalue weighted by Gasteiger charge is 2.13. The van der Waals surface area contributed by atoms with Crippen LogP contribution in [0.1, 0.15) is 27.9 Å². The van der Waals surface area contributed by atoms with Crippen LogP contribution in [0, 0.1) is 0 Å². The number of aromatic carboxylic acids is 1. The summed E-state index contributed by atoms with van der Waals surface area (Å²) in [4.78, 5) is 41.2. The van der Waals surface area contributed by atoms with Crippen LogP contribution in [0.25, 0.3) is 0 Å². The van der Waals surface area contributed by atoms with Crippen molar-refractivity contribution in [1.29, 1.82) is 0 Å². The Morgan fingerprint density at radius 3 is 2.67 bits per heavy atom. The molecule has 0 fully saturated rings. The largest absolute Gasteiger partial charge is 0.477 e. The first kappa shape index (κ1) is 14.6. The molecular formula is C12H10N4O4S. The van der Waals surface area contributed by atoms with Gasteiger partial charge in [-0.25, -0.2) is 14.8 Å². The van der Waals surface area contributed by atoms with Crippen LogP contribution in [0.3, 0.4) is 0 Å². The number of hydrogen-bond donors (Lipinski definition) is 3. The topological polar surface area (TPSA) is 121 Å². The minimum atomic E-state index is -1.19. The second-order valence-electron chi connectivity index (χ2n) is 3.91. The predicted molar refractivity (Wildman–Crippen MR) is 75.6 cm³/mol. The maximum atomic E-state index is 11.9. The lowest BCUT2D eigenvalue weighted by molar-refractivity contribution is -0.114. The summed E-state index contributed by atoms with van der Waals surface area (Å²) in [6, 6.07) is 2.70. The summed E-state index contributed by atoms with van der Waals surface area (Å²) in [5.41, 5.74) is 0.240. The first-order valence-electron chi connectivity index (χ1n) is 5.69. The number of pyridine rings is 1. The van der Waals surface area contributed by atoms with Crippen molar-refractivity contribution in [3.05, 3.63) is 35.1 Å². The minimum absolute atomic E-state index is 0.123. The molecule has 3 N–H and O–H groups in total. The van der Waals surface area contributed by atoms with E-state index >= 15 is 0 Å². The number of anilines is 2. The van der Waals surface area contributed by atoms with Crippen molar-refractivity contribution in [2.75, 3.05) is 10.6 Å². The van der Waals surface area contributed by atoms with E-state index in [1.54, 1.807) is 0 Å². The lowest BCUT2D eigenvalue weighted by Crippen LogP contribution is -2.14. The highest BCUT2D eigenvalue weighted by molar-refractivity contribution is 7.14. The van der Waals surface area contributed by atoms with Crippen LogP contribution < -0.4 is 10.6 Å². The molecule has 2 aromatic rings. The van der Waals surface area contributed by atoms with Gasteiger partial charge >= 0.3 is 5.97 Å². The molecule has 0 aliphatic heterocycles. The number of carbonyl (C=O) groups excluding carboxylic acids is 2. The van der Waals surface area contributed by atoms with E-state index < -0.39 is 11.9 Å². The molecule has 9 heteroatoms. The fraction of sp³-hybridized carbons (Fsp3) is 0.0833. The Labute approximate surface area is 122 Å². The van der Waals surface area contributed by atoms with Crippen molar-refractivity contribution >= 4 is 39.9 Å². The third-order valence-corrected chi connectivity index (χ3v) is 3.01. The van der Waals surface area contributed by atoms with E-state index in [1.807, 2.05) is 0 Å². The highest BCUT2D eigenvalue weighted by Crippen LogP contribution is 2.17. The van der Waals surface area contributed by atoms with E-state index in [0.717, 1.165) is 11.3 Å². The van der Waals surface area contributed by atoms with Crippen molar-refractivity contribution < 1.29 is 19.5 Å². The summed E-state index contributed by atoms with van der Waals surface area (Å²) in [5.74, 6) is -1.98. The van der Waals surface area contributed by atoms with Gasteiger partial charge in [-0.15, -0.1) is 11.3 Å². The molecule has 0 radical (unpaired) electrons. The van der Waals surface area contributed by atoms with Gasteiger partial charge in [0.05, 0.1) is 0 Å². The summed E-state index contributed by atoms with van der Waals surface area (Å²) in [5, 5.41) is 15.6. The Hall–Kier alpha value is -2.81. The number of carbonyl (C=O) groups is 3. The van der Waals surface area contributed by atoms with E-state index in [2.05, 4.69) is 20.6 Å². The van der Waals surface area contributed by atoms with Gasteiger partial charge in [0.1, 0.15) is 11.4 Å². The Kier molecular flexibility index (Phi) is 4.24. The summed E-state index contributed by atoms with van der Waals surface area (Å²) in [6.45, 7) is 1.34. The molecule has 2 amide bonds. The molecule has 0 bridgehead atoms. The number of carboxylic acids is 1. The second kappa shape index (κ2) is 6.09. The van der Waals surface area contributed by atoms with Gasteiger partial charge in [-0.05, 0) is 12.1 Å². The van der Waals surface area contributed by atoms with Gasteiger partial charge in [0, 0.05) is 24.2 Å². The smallest absolute Gasteiger partial charge is 0.354 e. The Morgan fingerprint density at radius 1 is 1.24 bits per heavy atom. The van der Waals surface area contributed by atoms with Crippen LogP contribution >= 0.6 is 11.3 Å². The summed E-state index contributed by atoms with van der Waals surface area (Å²) < 4.78 is 0. The van der Waals surface area contributed by atoms with Crippen LogP contribution in [-0.4, -0.2) is 32.9 Å². The molecule has 0 aromatic carbocycles. The van der Waals surface area contributed by atoms with Crippen LogP contribution in [0.5, 0.6) is 0 Å². The molecule has 8 nitrogen and oxygen atoms in total. The van der Waals surface area contributed by atoms with Gasteiger partial charge < -0.3 is 15.7 Å². The number of thiazole rings is 1. The Balaban J connectivity index is 2.10. The third-order valence-electron chi connectivity index (χ3n) is 2.26. The summed E-state index contributed by atoms with van der Waals surface area (Å²) >= 11 is 1.11. The molecule has 0 atom stereocenters. The Bertz CT molecular complexity index is 713. The zero-order chi connectivity index (χ0) is 15.4. The van der Waals surface area contributed by atoms with Crippen molar-refractivity contribution in [2.24, 2.45) is 0 Å². The molecule has 2 rings (SSSR count). The normalized spacial score (nSPS) is 9.95. The molecule has 108 valence electrons. The van der Waals surface area contributed by atoms with Crippen LogP contribution in [0.15, 0.2) is 23.7 Å². The number of aromatic nitrogens is 2. The van der Waals surface area contributed by atoms with Gasteiger partial charge in [-0.2, -0.15) is 0 Å². The van der Waals surface area contributed by atoms with Crippen molar-refractivity contribution in [3.8, 4) is 0 Å². The Morgan fingerprint density at radius 2 is 2.00 bits per heavy atom. The number of hydrogen-bond acceptors (Lipinski definition) is 6. The van der Waals surface area contributed by atoms with Crippen LogP contribution in [-0.2, 0) is 4.79 Å². The van der Waals surface area contributed by atoms with Gasteiger partial charge in [0.2, 0.25) is 5.91 Å². The molecular weight excluding hydrogens is 296 g/mol. The van der Waals surface area contributed by atoms with E-state index in [1.165, 1.54) is 30.6 Å². The minimum Gasteiger partial charge on any atom is -0.477 e. The second-order valence-corrected chi connectivity index (χ2v) is 4.77. The summed E-state index contributed by atoms with van der Waals surface area (Å²) in [6.07, 6.45) is 1.28. The monoisotopic (exact) mass is 306 g/mol. The standard InChI is InChI=1S/C12H10N4O4S/c1-6(17)14-12-16-9(5-21-12)10(18)15-7-2-3-13-8(4-7)11(19)20/h2-5H,1H3,(H,19,20)(H,13,15,18)(H,14,16,17).